The fourth-order valence-electron chi connectivity index (χ4n) is 2.37. The van der Waals surface area contributed by atoms with Crippen molar-refractivity contribution in [1.29, 1.82) is 0 Å². The van der Waals surface area contributed by atoms with Crippen LogP contribution in [-0.2, 0) is 0 Å². The zero-order valence-corrected chi connectivity index (χ0v) is 14.8. The Hall–Kier alpha value is -2.98. The first-order chi connectivity index (χ1) is 12.7. The average Bonchev–Trinajstić information content (AvgIpc) is 2.66. The third-order valence-electron chi connectivity index (χ3n) is 3.57. The lowest BCUT2D eigenvalue weighted by atomic mass is 10.2. The highest BCUT2D eigenvalue weighted by Gasteiger charge is 2.12. The van der Waals surface area contributed by atoms with Crippen LogP contribution in [0.1, 0.15) is 10.4 Å². The number of para-hydroxylation sites is 2. The van der Waals surface area contributed by atoms with Crippen molar-refractivity contribution in [2.75, 3.05) is 18.5 Å². The molecule has 0 unspecified atom stereocenters. The van der Waals surface area contributed by atoms with Gasteiger partial charge in [0.25, 0.3) is 5.91 Å². The Bertz CT molecular complexity index is 868. The molecule has 26 heavy (non-hydrogen) atoms. The predicted molar refractivity (Wildman–Crippen MR) is 103 cm³/mol. The monoisotopic (exact) mass is 367 g/mol. The maximum atomic E-state index is 12.5. The molecule has 1 amide bonds. The summed E-state index contributed by atoms with van der Waals surface area (Å²) in [6.07, 6.45) is 0. The number of nitrogens with one attached hydrogen (secondary N) is 1. The van der Waals surface area contributed by atoms with Crippen LogP contribution in [0.25, 0.3) is 0 Å². The van der Waals surface area contributed by atoms with Crippen LogP contribution in [0.2, 0.25) is 5.02 Å². The van der Waals surface area contributed by atoms with E-state index in [4.69, 9.17) is 21.1 Å². The van der Waals surface area contributed by atoms with Crippen molar-refractivity contribution in [2.24, 2.45) is 0 Å². The molecule has 0 aromatic heterocycles. The summed E-state index contributed by atoms with van der Waals surface area (Å²) in [5.41, 5.74) is 1.08. The Kier molecular flexibility index (Phi) is 6.12. The lowest BCUT2D eigenvalue weighted by Crippen LogP contribution is -2.15. The fourth-order valence-corrected chi connectivity index (χ4v) is 2.56. The van der Waals surface area contributed by atoms with Crippen LogP contribution in [0.3, 0.4) is 0 Å². The molecular weight excluding hydrogens is 350 g/mol. The van der Waals surface area contributed by atoms with E-state index in [1.807, 2.05) is 36.4 Å². The van der Waals surface area contributed by atoms with Gasteiger partial charge in [0.1, 0.15) is 24.7 Å². The van der Waals surface area contributed by atoms with Crippen molar-refractivity contribution in [1.82, 2.24) is 0 Å². The predicted octanol–water partition coefficient (Wildman–Crippen LogP) is 5.05. The second-order valence-electron chi connectivity index (χ2n) is 5.47. The summed E-state index contributed by atoms with van der Waals surface area (Å²) >= 11 is 5.95. The lowest BCUT2D eigenvalue weighted by molar-refractivity contribution is 0.102. The van der Waals surface area contributed by atoms with Crippen molar-refractivity contribution in [3.63, 3.8) is 0 Å². The van der Waals surface area contributed by atoms with E-state index in [0.717, 1.165) is 5.75 Å². The first-order valence-corrected chi connectivity index (χ1v) is 8.57. The molecule has 3 aromatic rings. The minimum absolute atomic E-state index is 0.258. The van der Waals surface area contributed by atoms with Gasteiger partial charge in [-0.15, -0.1) is 0 Å². The molecule has 0 aliphatic heterocycles. The summed E-state index contributed by atoms with van der Waals surface area (Å²) < 4.78 is 11.3. The van der Waals surface area contributed by atoms with E-state index in [2.05, 4.69) is 5.32 Å². The zero-order valence-electron chi connectivity index (χ0n) is 14.0. The van der Waals surface area contributed by atoms with E-state index in [-0.39, 0.29) is 5.91 Å². The second kappa shape index (κ2) is 8.92. The number of hydrogen-bond acceptors (Lipinski definition) is 3. The topological polar surface area (TPSA) is 47.6 Å². The number of anilines is 1. The average molecular weight is 368 g/mol. The Labute approximate surface area is 157 Å². The number of halogens is 1. The highest BCUT2D eigenvalue weighted by molar-refractivity contribution is 6.31. The van der Waals surface area contributed by atoms with Crippen LogP contribution >= 0.6 is 11.6 Å². The molecule has 0 aliphatic carbocycles. The van der Waals surface area contributed by atoms with Crippen LogP contribution < -0.4 is 14.8 Å². The van der Waals surface area contributed by atoms with Crippen molar-refractivity contribution >= 4 is 23.2 Å². The number of carbonyl (C=O) groups is 1. The summed E-state index contributed by atoms with van der Waals surface area (Å²) in [5.74, 6) is 1.03. The van der Waals surface area contributed by atoms with Crippen molar-refractivity contribution in [3.05, 3.63) is 89.4 Å². The van der Waals surface area contributed by atoms with Gasteiger partial charge in [-0.2, -0.15) is 0 Å². The Morgan fingerprint density at radius 2 is 1.58 bits per heavy atom. The van der Waals surface area contributed by atoms with E-state index in [1.54, 1.807) is 42.5 Å². The van der Waals surface area contributed by atoms with Gasteiger partial charge in [-0.3, -0.25) is 4.79 Å². The van der Waals surface area contributed by atoms with E-state index < -0.39 is 0 Å². The Balaban J connectivity index is 1.59. The first-order valence-electron chi connectivity index (χ1n) is 8.19. The minimum atomic E-state index is -0.258. The van der Waals surface area contributed by atoms with Crippen LogP contribution in [0.15, 0.2) is 78.9 Å². The fraction of sp³-hybridized carbons (Fsp3) is 0.0952. The SMILES string of the molecule is O=C(Nc1cccc(Cl)c1)c1ccccc1OCCOc1ccccc1. The molecule has 0 radical (unpaired) electrons. The lowest BCUT2D eigenvalue weighted by Gasteiger charge is -2.12. The number of amides is 1. The van der Waals surface area contributed by atoms with Crippen LogP contribution in [-0.4, -0.2) is 19.1 Å². The third-order valence-corrected chi connectivity index (χ3v) is 3.80. The number of rotatable bonds is 7. The van der Waals surface area contributed by atoms with E-state index in [9.17, 15) is 4.79 Å². The summed E-state index contributed by atoms with van der Waals surface area (Å²) in [4.78, 5) is 12.5. The smallest absolute Gasteiger partial charge is 0.259 e. The van der Waals surface area contributed by atoms with Crippen molar-refractivity contribution in [2.45, 2.75) is 0 Å². The molecule has 0 fully saturated rings. The zero-order chi connectivity index (χ0) is 18.2. The quantitative estimate of drug-likeness (QED) is 0.594. The maximum Gasteiger partial charge on any atom is 0.259 e. The number of carbonyl (C=O) groups excluding carboxylic acids is 1. The van der Waals surface area contributed by atoms with Crippen molar-refractivity contribution in [3.8, 4) is 11.5 Å². The summed E-state index contributed by atoms with van der Waals surface area (Å²) in [6.45, 7) is 0.713. The molecule has 0 atom stereocenters. The van der Waals surface area contributed by atoms with Crippen LogP contribution in [0.5, 0.6) is 11.5 Å². The molecule has 0 saturated carbocycles. The van der Waals surface area contributed by atoms with Gasteiger partial charge in [-0.1, -0.05) is 48.0 Å². The number of ether oxygens (including phenoxy) is 2. The largest absolute Gasteiger partial charge is 0.490 e. The number of benzene rings is 3. The molecule has 1 N–H and O–H groups in total. The molecule has 3 aromatic carbocycles. The summed E-state index contributed by atoms with van der Waals surface area (Å²) in [6, 6.07) is 23.6. The molecule has 0 spiro atoms. The molecule has 0 aliphatic rings. The van der Waals surface area contributed by atoms with E-state index >= 15 is 0 Å². The first kappa shape index (κ1) is 17.8. The molecule has 0 saturated heterocycles. The minimum Gasteiger partial charge on any atom is -0.490 e. The number of hydrogen-bond donors (Lipinski definition) is 1. The maximum absolute atomic E-state index is 12.5. The molecule has 5 heteroatoms. The van der Waals surface area contributed by atoms with Crippen LogP contribution in [0, 0.1) is 0 Å². The van der Waals surface area contributed by atoms with Gasteiger partial charge in [0, 0.05) is 10.7 Å². The van der Waals surface area contributed by atoms with Gasteiger partial charge in [0.15, 0.2) is 0 Å². The van der Waals surface area contributed by atoms with Gasteiger partial charge < -0.3 is 14.8 Å². The third kappa shape index (κ3) is 5.01. The molecule has 3 rings (SSSR count). The van der Waals surface area contributed by atoms with Crippen molar-refractivity contribution < 1.29 is 14.3 Å². The molecule has 0 bridgehead atoms. The highest BCUT2D eigenvalue weighted by atomic mass is 35.5. The molecule has 0 heterocycles. The van der Waals surface area contributed by atoms with Gasteiger partial charge in [0.2, 0.25) is 0 Å². The van der Waals surface area contributed by atoms with E-state index in [0.29, 0.717) is 35.2 Å². The van der Waals surface area contributed by atoms with Gasteiger partial charge in [-0.25, -0.2) is 0 Å². The molecule has 4 nitrogen and oxygen atoms in total. The second-order valence-corrected chi connectivity index (χ2v) is 5.91. The van der Waals surface area contributed by atoms with E-state index in [1.165, 1.54) is 0 Å². The van der Waals surface area contributed by atoms with Gasteiger partial charge in [0.05, 0.1) is 5.56 Å². The Morgan fingerprint density at radius 3 is 2.38 bits per heavy atom. The van der Waals surface area contributed by atoms with Gasteiger partial charge in [-0.05, 0) is 42.5 Å². The Morgan fingerprint density at radius 1 is 0.846 bits per heavy atom. The highest BCUT2D eigenvalue weighted by Crippen LogP contribution is 2.21. The standard InChI is InChI=1S/C21H18ClNO3/c22-16-7-6-8-17(15-16)23-21(24)19-11-4-5-12-20(19)26-14-13-25-18-9-2-1-3-10-18/h1-12,15H,13-14H2,(H,23,24). The van der Waals surface area contributed by atoms with Gasteiger partial charge >= 0.3 is 0 Å². The molecular formula is C21H18ClNO3. The summed E-state index contributed by atoms with van der Waals surface area (Å²) in [5, 5.41) is 3.38. The van der Waals surface area contributed by atoms with Crippen LogP contribution in [0.4, 0.5) is 5.69 Å². The molecule has 132 valence electrons. The normalized spacial score (nSPS) is 10.2. The summed E-state index contributed by atoms with van der Waals surface area (Å²) in [7, 11) is 0.